The van der Waals surface area contributed by atoms with Gasteiger partial charge < -0.3 is 162 Å². The van der Waals surface area contributed by atoms with Crippen molar-refractivity contribution in [2.24, 2.45) is 65.1 Å². The van der Waals surface area contributed by atoms with E-state index in [-0.39, 0.29) is 172 Å². The van der Waals surface area contributed by atoms with Gasteiger partial charge in [-0.25, -0.2) is 25.9 Å². The molecule has 0 saturated carbocycles. The molecule has 2 amide bonds. The molecule has 0 unspecified atom stereocenters. The first-order chi connectivity index (χ1) is 69.7. The van der Waals surface area contributed by atoms with Gasteiger partial charge in [-0.05, 0) is 154 Å². The molecule has 2 fully saturated rings. The predicted molar refractivity (Wildman–Crippen MR) is 600 cm³/mol. The minimum absolute atomic E-state index is 0.00319. The van der Waals surface area contributed by atoms with Crippen LogP contribution in [0, 0.1) is 65.1 Å². The van der Waals surface area contributed by atoms with Crippen LogP contribution in [0.15, 0.2) is 0 Å². The molecule has 2 saturated heterocycles. The van der Waals surface area contributed by atoms with Gasteiger partial charge in [-0.2, -0.15) is 0 Å². The summed E-state index contributed by atoms with van der Waals surface area (Å²) in [6.45, 7) is 76.2. The fourth-order valence-electron chi connectivity index (χ4n) is 11.7. The molecule has 42 nitrogen and oxygen atoms in total. The van der Waals surface area contributed by atoms with E-state index in [9.17, 15) is 36.0 Å². The topological polar surface area (TPSA) is 591 Å². The summed E-state index contributed by atoms with van der Waals surface area (Å²) in [5.74, 6) is 5.61. The monoisotopic (exact) mass is 2190 g/mol. The lowest BCUT2D eigenvalue weighted by Crippen LogP contribution is -2.55. The van der Waals surface area contributed by atoms with Crippen molar-refractivity contribution in [1.82, 2.24) is 70.7 Å². The van der Waals surface area contributed by atoms with Gasteiger partial charge in [0.2, 0.25) is 31.9 Å². The van der Waals surface area contributed by atoms with Gasteiger partial charge in [0, 0.05) is 189 Å². The Hall–Kier alpha value is -3.10. The van der Waals surface area contributed by atoms with Crippen LogP contribution in [-0.4, -0.2) is 520 Å². The van der Waals surface area contributed by atoms with Crippen LogP contribution in [0.5, 0.6) is 0 Å². The zero-order valence-corrected chi connectivity index (χ0v) is 100.0. The van der Waals surface area contributed by atoms with E-state index < -0.39 is 36.1 Å². The molecule has 2 aliphatic rings. The van der Waals surface area contributed by atoms with Crippen LogP contribution in [0.4, 0.5) is 0 Å². The number of sulfonamides is 2. The van der Waals surface area contributed by atoms with Crippen molar-refractivity contribution in [3.05, 3.63) is 0 Å². The van der Waals surface area contributed by atoms with Crippen molar-refractivity contribution in [1.29, 1.82) is 0 Å². The lowest BCUT2D eigenvalue weighted by molar-refractivity contribution is -0.133. The van der Waals surface area contributed by atoms with Crippen LogP contribution < -0.4 is 41.9 Å². The Bertz CT molecular complexity index is 2950. The van der Waals surface area contributed by atoms with E-state index in [1.54, 1.807) is 39.6 Å². The summed E-state index contributed by atoms with van der Waals surface area (Å²) in [7, 11) is 1.22. The lowest BCUT2D eigenvalue weighted by Gasteiger charge is -2.33. The number of ketones is 2. The van der Waals surface area contributed by atoms with Crippen molar-refractivity contribution in [2.45, 2.75) is 233 Å². The highest BCUT2D eigenvalue weighted by Gasteiger charge is 2.28. The summed E-state index contributed by atoms with van der Waals surface area (Å²) in [5, 5.41) is 141. The van der Waals surface area contributed by atoms with Crippen molar-refractivity contribution in [3.63, 3.8) is 0 Å². The Morgan fingerprint density at radius 2 is 0.764 bits per heavy atom. The Morgan fingerprint density at radius 1 is 0.385 bits per heavy atom. The SMILES string of the molecule is CC(C)C(=O)N(C)CCOCCO.CC(C)C(=O)NCCOCCO.CC(C)CN(C)CCOCCO.CC(C)CN1CCN(C)CC1.CC(C)CN1CCNCC1.CC(C)CNC(CO)(CO)CO.CC(C)CNC(CO)CO.CC(C)CNCCCC(=O)CC(CO)CO.CC(C)CNCCCC(=O)CCCO.CC(C)CNCCOCCO.CC(C)S(=O)(=O)N(C)CCOCCO.CC(C)S(=O)(=O)NCCOCCO. The molecule has 0 atom stereocenters. The fraction of sp³-hybridized carbons (Fsp3) is 0.962. The maximum Gasteiger partial charge on any atom is 0.224 e. The molecule has 0 aromatic carbocycles. The highest BCUT2D eigenvalue weighted by atomic mass is 32.2. The Kier molecular flexibility index (Phi) is 131. The third-order valence-corrected chi connectivity index (χ3v) is 24.5. The van der Waals surface area contributed by atoms with Gasteiger partial charge in [-0.1, -0.05) is 138 Å². The first-order valence-corrected chi connectivity index (χ1v) is 57.3. The Balaban J connectivity index is -0.000000176. The van der Waals surface area contributed by atoms with Crippen LogP contribution in [0.2, 0.25) is 0 Å². The second-order valence-corrected chi connectivity index (χ2v) is 46.0. The van der Waals surface area contributed by atoms with Crippen molar-refractivity contribution in [2.75, 3.05) is 357 Å². The number of nitrogens with zero attached hydrogens (tertiary/aromatic N) is 6. The summed E-state index contributed by atoms with van der Waals surface area (Å²) >= 11 is 0. The average molecular weight is 2190 g/mol. The van der Waals surface area contributed by atoms with Crippen LogP contribution in [0.25, 0.3) is 0 Å². The lowest BCUT2D eigenvalue weighted by atomic mass is 10.0. The fourth-order valence-corrected chi connectivity index (χ4v) is 13.4. The second-order valence-electron chi connectivity index (χ2n) is 41.1. The maximum atomic E-state index is 11.5. The quantitative estimate of drug-likeness (QED) is 0.0384. The van der Waals surface area contributed by atoms with Gasteiger partial charge in [0.15, 0.2) is 0 Å². The van der Waals surface area contributed by atoms with Crippen molar-refractivity contribution < 1.29 is 136 Å². The van der Waals surface area contributed by atoms with E-state index in [0.717, 1.165) is 83.6 Å². The number of nitrogens with one attached hydrogen (secondary N) is 8. The smallest absolute Gasteiger partial charge is 0.224 e. The van der Waals surface area contributed by atoms with Gasteiger partial charge in [0.25, 0.3) is 0 Å². The van der Waals surface area contributed by atoms with E-state index in [1.807, 2.05) is 41.5 Å². The molecule has 44 heteroatoms. The van der Waals surface area contributed by atoms with Crippen LogP contribution >= 0.6 is 0 Å². The average Bonchev–Trinajstić information content (AvgIpc) is 0.857. The van der Waals surface area contributed by atoms with Gasteiger partial charge in [0.1, 0.15) is 11.6 Å². The minimum Gasteiger partial charge on any atom is -0.396 e. The Labute approximate surface area is 900 Å². The largest absolute Gasteiger partial charge is 0.396 e. The van der Waals surface area contributed by atoms with Gasteiger partial charge in [-0.15, -0.1) is 0 Å². The summed E-state index contributed by atoms with van der Waals surface area (Å²) in [6.07, 6.45) is 4.34. The normalized spacial score (nSPS) is 13.0. The number of hydrogen-bond acceptors (Lipinski definition) is 38. The van der Waals surface area contributed by atoms with Gasteiger partial charge in [-0.3, -0.25) is 19.2 Å². The molecular formula is C104H234N14O28S2. The number of likely N-dealkylation sites (N-methyl/N-ethyl adjacent to an activating group) is 4. The first-order valence-electron chi connectivity index (χ1n) is 54.3. The summed E-state index contributed by atoms with van der Waals surface area (Å²) < 4.78 is 79.0. The van der Waals surface area contributed by atoms with E-state index in [2.05, 4.69) is 173 Å². The third kappa shape index (κ3) is 128. The summed E-state index contributed by atoms with van der Waals surface area (Å²) in [5.41, 5.74) is -0.926. The minimum atomic E-state index is -3.18. The zero-order chi connectivity index (χ0) is 116. The van der Waals surface area contributed by atoms with Crippen molar-refractivity contribution in [3.8, 4) is 0 Å². The van der Waals surface area contributed by atoms with Gasteiger partial charge in [0.05, 0.1) is 174 Å². The molecule has 0 radical (unpaired) electrons. The number of amides is 2. The van der Waals surface area contributed by atoms with Crippen LogP contribution in [0.1, 0.15) is 211 Å². The molecule has 0 spiro atoms. The summed E-state index contributed by atoms with van der Waals surface area (Å²) in [6, 6.07) is -0.151. The first kappa shape index (κ1) is 165. The number of Topliss-reactive ketones (excluding diaryl/α,β-unsaturated/α-hetero) is 2. The molecule has 0 aliphatic carbocycles. The number of piperazine rings is 2. The van der Waals surface area contributed by atoms with E-state index in [1.165, 1.54) is 76.8 Å². The molecule has 22 N–H and O–H groups in total. The molecular weight excluding hydrogens is 1960 g/mol. The van der Waals surface area contributed by atoms with E-state index >= 15 is 0 Å². The van der Waals surface area contributed by atoms with Crippen molar-refractivity contribution >= 4 is 43.4 Å². The number of ether oxygens (including phenoxy) is 6. The number of carbonyl (C=O) groups is 4. The van der Waals surface area contributed by atoms with Crippen LogP contribution in [0.3, 0.4) is 0 Å². The van der Waals surface area contributed by atoms with E-state index in [0.29, 0.717) is 147 Å². The van der Waals surface area contributed by atoms with E-state index in [4.69, 9.17) is 99.9 Å². The highest BCUT2D eigenvalue weighted by Crippen LogP contribution is 2.10. The molecule has 2 aliphatic heterocycles. The maximum absolute atomic E-state index is 11.5. The third-order valence-electron chi connectivity index (χ3n) is 20.4. The number of aliphatic hydroxyl groups excluding tert-OH is 14. The molecule has 0 aromatic heterocycles. The second kappa shape index (κ2) is 118. The number of aliphatic hydroxyl groups is 14. The predicted octanol–water partition coefficient (Wildman–Crippen LogP) is 1.59. The number of rotatable bonds is 74. The molecule has 0 bridgehead atoms. The molecule has 2 heterocycles. The van der Waals surface area contributed by atoms with Crippen LogP contribution in [-0.2, 0) is 67.6 Å². The van der Waals surface area contributed by atoms with Gasteiger partial charge >= 0.3 is 0 Å². The summed E-state index contributed by atoms with van der Waals surface area (Å²) in [4.78, 5) is 56.2. The molecule has 2 rings (SSSR count). The molecule has 148 heavy (non-hydrogen) atoms. The molecule has 900 valence electrons. The Morgan fingerprint density at radius 3 is 1.12 bits per heavy atom. The molecule has 0 aromatic rings. The standard InChI is InChI=1S/C12H25NO3.C11H23NO2.C9H20N2.C9H19NO3.C9H21NO2.C8H18N2.C8H19NO4S.C8H19NO3.C8H17NO3.C8H19NO2.C7H17NO4S.C7H17NO2/c1-10(2)7-13-5-3-4-12(16)6-11(8-14)9-15;1-10(2)9-12-7-3-5-11(14)6-4-8-13;1-9(2)8-11-6-4-10(3)5-7-11;1-8(2)9(12)10(3)4-6-13-7-5-11;1-9(2)8-10(3)4-6-12-7-5-11;1-8(2)7-10-5-3-9-4-6-10;1-8(2)14(11,12)9(3)4-6-13-7-5-10;1-7(2)3-9-8(4-10,5-11)6-12;1-7(2)8(11)9-3-5-12-6-4-10;1-8(2)7-9-3-5-11-6-4-10;1-7(2)13(10,11)8-3-5-12-6-4-9;1-6(2)3-8-7(4-9)5-10/h10-11,13-15H,3-9H2,1-2H3;10,12-13H,3-9H2,1-2H3;9H,4-8H2,1-3H3;8,11H,4-7H2,1-3H3;9,11H,4-8H2,1-3H3;8-9H,3-7H2,1-2H3;8,10H,4-7H2,1-3H3;7,9-12H,3-6H2,1-2H3;7,10H,3-6H2,1-2H3,(H,9,11);8-10H,3-7H2,1-2H3;7-9H,3-6H2,1-2H3;6-10H,3-5H2,1-2H3. The number of carbonyl (C=O) groups excluding carboxylic acids is 4. The highest BCUT2D eigenvalue weighted by molar-refractivity contribution is 7.90. The number of hydrogen-bond donors (Lipinski definition) is 22. The zero-order valence-electron chi connectivity index (χ0n) is 98.4.